The zero-order valence-electron chi connectivity index (χ0n) is 26.2. The molecule has 1 aromatic heterocycles. The maximum Gasteiger partial charge on any atom is 0.0785 e. The van der Waals surface area contributed by atoms with Gasteiger partial charge in [-0.3, -0.25) is 4.39 Å². The highest BCUT2D eigenvalue weighted by Gasteiger charge is 2.21. The van der Waals surface area contributed by atoms with Crippen LogP contribution in [-0.2, 0) is 0 Å². The average Bonchev–Trinajstić information content (AvgIpc) is 3.46. The summed E-state index contributed by atoms with van der Waals surface area (Å²) < 4.78 is 12.9. The van der Waals surface area contributed by atoms with Gasteiger partial charge in [0.15, 0.2) is 0 Å². The Morgan fingerprint density at radius 2 is 1.45 bits per heavy atom. The van der Waals surface area contributed by atoms with Crippen molar-refractivity contribution in [3.8, 4) is 16.8 Å². The number of aromatic nitrogens is 1. The van der Waals surface area contributed by atoms with E-state index < -0.39 is 0 Å². The van der Waals surface area contributed by atoms with Crippen LogP contribution in [0.1, 0.15) is 17.5 Å². The van der Waals surface area contributed by atoms with Gasteiger partial charge in [-0.25, -0.2) is 0 Å². The number of fused-ring (bicyclic) bond motifs is 4. The minimum absolute atomic E-state index is 0.222. The SMILES string of the molecule is C=C1/C=C\C(c2cc(Br)cc(-c3ccc4c5ccccc5n(-c5ccccc5)c4c3)c2)=C/N(C2C=CC=CC2)c2ccccc21.CF. The van der Waals surface area contributed by atoms with Crippen molar-refractivity contribution in [3.63, 3.8) is 0 Å². The van der Waals surface area contributed by atoms with Crippen LogP contribution in [0.3, 0.4) is 0 Å². The van der Waals surface area contributed by atoms with Crippen molar-refractivity contribution in [1.29, 1.82) is 0 Å². The van der Waals surface area contributed by atoms with Crippen molar-refractivity contribution in [1.82, 2.24) is 4.57 Å². The maximum absolute atomic E-state index is 9.50. The highest BCUT2D eigenvalue weighted by Crippen LogP contribution is 2.38. The molecule has 2 aliphatic rings. The summed E-state index contributed by atoms with van der Waals surface area (Å²) in [6, 6.07) is 41.7. The lowest BCUT2D eigenvalue weighted by molar-refractivity contribution is 0.636. The number of halogens is 2. The van der Waals surface area contributed by atoms with Crippen molar-refractivity contribution in [2.75, 3.05) is 12.1 Å². The van der Waals surface area contributed by atoms with E-state index >= 15 is 0 Å². The zero-order chi connectivity index (χ0) is 32.3. The van der Waals surface area contributed by atoms with Crippen LogP contribution >= 0.6 is 15.9 Å². The fraction of sp³-hybridized carbons (Fsp3) is 0.0698. The van der Waals surface area contributed by atoms with E-state index in [1.165, 1.54) is 33.1 Å². The molecule has 5 aromatic carbocycles. The van der Waals surface area contributed by atoms with Gasteiger partial charge in [-0.2, -0.15) is 0 Å². The van der Waals surface area contributed by atoms with Gasteiger partial charge in [-0.1, -0.05) is 126 Å². The Labute approximate surface area is 283 Å². The molecule has 0 saturated heterocycles. The van der Waals surface area contributed by atoms with Crippen molar-refractivity contribution in [3.05, 3.63) is 180 Å². The second kappa shape index (κ2) is 13.3. The first-order chi connectivity index (χ1) is 23.1. The molecule has 0 fully saturated rings. The Morgan fingerprint density at radius 3 is 2.28 bits per heavy atom. The number of anilines is 1. The third kappa shape index (κ3) is 5.82. The Morgan fingerprint density at radius 1 is 0.702 bits per heavy atom. The van der Waals surface area contributed by atoms with Gasteiger partial charge in [0.25, 0.3) is 0 Å². The normalized spacial score (nSPS) is 17.3. The Bertz CT molecular complexity index is 2240. The lowest BCUT2D eigenvalue weighted by Crippen LogP contribution is -2.30. The van der Waals surface area contributed by atoms with Crippen molar-refractivity contribution in [2.45, 2.75) is 12.5 Å². The number of hydrogen-bond acceptors (Lipinski definition) is 1. The van der Waals surface area contributed by atoms with Gasteiger partial charge >= 0.3 is 0 Å². The van der Waals surface area contributed by atoms with Gasteiger partial charge in [0.05, 0.1) is 24.3 Å². The predicted molar refractivity (Wildman–Crippen MR) is 203 cm³/mol. The summed E-state index contributed by atoms with van der Waals surface area (Å²) in [5.41, 5.74) is 11.5. The van der Waals surface area contributed by atoms with E-state index in [1.807, 2.05) is 0 Å². The molecule has 0 amide bonds. The fourth-order valence-corrected chi connectivity index (χ4v) is 7.15. The van der Waals surface area contributed by atoms with Crippen molar-refractivity contribution >= 4 is 54.6 Å². The average molecular weight is 678 g/mol. The topological polar surface area (TPSA) is 8.17 Å². The third-order valence-corrected chi connectivity index (χ3v) is 9.30. The summed E-state index contributed by atoms with van der Waals surface area (Å²) in [4.78, 5) is 2.41. The van der Waals surface area contributed by atoms with Crippen LogP contribution in [0.15, 0.2) is 169 Å². The summed E-state index contributed by atoms with van der Waals surface area (Å²) in [7, 11) is 0.500. The number of hydrogen-bond donors (Lipinski definition) is 0. The van der Waals surface area contributed by atoms with Crippen LogP contribution in [0.5, 0.6) is 0 Å². The fourth-order valence-electron chi connectivity index (χ4n) is 6.66. The summed E-state index contributed by atoms with van der Waals surface area (Å²) >= 11 is 3.86. The first-order valence-electron chi connectivity index (χ1n) is 15.7. The van der Waals surface area contributed by atoms with Crippen LogP contribution < -0.4 is 4.90 Å². The highest BCUT2D eigenvalue weighted by atomic mass is 79.9. The summed E-state index contributed by atoms with van der Waals surface area (Å²) in [5, 5.41) is 2.51. The Kier molecular flexibility index (Phi) is 8.60. The second-order valence-electron chi connectivity index (χ2n) is 11.6. The van der Waals surface area contributed by atoms with E-state index in [2.05, 4.69) is 190 Å². The van der Waals surface area contributed by atoms with E-state index in [9.17, 15) is 4.39 Å². The molecule has 2 nitrogen and oxygen atoms in total. The predicted octanol–water partition coefficient (Wildman–Crippen LogP) is 12.1. The highest BCUT2D eigenvalue weighted by molar-refractivity contribution is 9.10. The molecule has 2 heterocycles. The molecule has 230 valence electrons. The van der Waals surface area contributed by atoms with Crippen LogP contribution in [0.4, 0.5) is 10.1 Å². The molecule has 0 saturated carbocycles. The first kappa shape index (κ1) is 30.5. The zero-order valence-corrected chi connectivity index (χ0v) is 27.7. The molecular weight excluding hydrogens is 643 g/mol. The molecule has 0 bridgehead atoms. The second-order valence-corrected chi connectivity index (χ2v) is 12.5. The van der Waals surface area contributed by atoms with Gasteiger partial charge in [0.1, 0.15) is 0 Å². The van der Waals surface area contributed by atoms with Gasteiger partial charge in [0, 0.05) is 38.4 Å². The maximum atomic E-state index is 9.50. The van der Waals surface area contributed by atoms with E-state index in [1.54, 1.807) is 0 Å². The van der Waals surface area contributed by atoms with Crippen LogP contribution in [-0.4, -0.2) is 17.8 Å². The minimum atomic E-state index is 0.222. The number of alkyl halides is 1. The molecule has 6 aromatic rings. The summed E-state index contributed by atoms with van der Waals surface area (Å²) in [6.45, 7) is 4.44. The quantitative estimate of drug-likeness (QED) is 0.180. The molecule has 1 atom stereocenters. The van der Waals surface area contributed by atoms with Gasteiger partial charge in [-0.05, 0) is 82.8 Å². The largest absolute Gasteiger partial charge is 0.340 e. The Hall–Kier alpha value is -5.19. The smallest absolute Gasteiger partial charge is 0.0785 e. The van der Waals surface area contributed by atoms with E-state index in [-0.39, 0.29) is 6.04 Å². The molecule has 1 aliphatic heterocycles. The summed E-state index contributed by atoms with van der Waals surface area (Å²) in [5.74, 6) is 0. The molecule has 47 heavy (non-hydrogen) atoms. The van der Waals surface area contributed by atoms with E-state index in [4.69, 9.17) is 0 Å². The lowest BCUT2D eigenvalue weighted by Gasteiger charge is -2.32. The van der Waals surface area contributed by atoms with Crippen molar-refractivity contribution < 1.29 is 4.39 Å². The Balaban J connectivity index is 0.00000172. The van der Waals surface area contributed by atoms with Crippen LogP contribution in [0.25, 0.3) is 49.8 Å². The molecule has 1 aliphatic carbocycles. The van der Waals surface area contributed by atoms with Crippen LogP contribution in [0, 0.1) is 0 Å². The van der Waals surface area contributed by atoms with Gasteiger partial charge in [-0.15, -0.1) is 0 Å². The van der Waals surface area contributed by atoms with Crippen LogP contribution in [0.2, 0.25) is 0 Å². The molecule has 1 unspecified atom stereocenters. The van der Waals surface area contributed by atoms with Crippen molar-refractivity contribution in [2.24, 2.45) is 0 Å². The number of para-hydroxylation sites is 3. The van der Waals surface area contributed by atoms with Gasteiger partial charge in [0.2, 0.25) is 0 Å². The number of benzene rings is 5. The van der Waals surface area contributed by atoms with E-state index in [0.717, 1.165) is 44.4 Å². The monoisotopic (exact) mass is 676 g/mol. The number of rotatable bonds is 4. The summed E-state index contributed by atoms with van der Waals surface area (Å²) in [6.07, 6.45) is 16.4. The minimum Gasteiger partial charge on any atom is -0.340 e. The third-order valence-electron chi connectivity index (χ3n) is 8.84. The standard InChI is InChI=1S/C42H31BrN2.CH3F/c1-29-20-21-31(28-44(35-12-4-2-5-13-35)40-18-10-8-16-37(29)40)33-24-32(25-34(43)26-33)30-22-23-39-38-17-9-11-19-41(38)45(42(39)27-30)36-14-6-3-7-15-36;1-2/h2-12,14-28,35H,1,13H2;1H3/b21-20-,31-28+;. The van der Waals surface area contributed by atoms with E-state index in [0.29, 0.717) is 7.18 Å². The number of allylic oxidation sites excluding steroid dienone is 6. The molecule has 0 spiro atoms. The molecular formula is C43H34BrFN2. The lowest BCUT2D eigenvalue weighted by atomic mass is 9.94. The molecule has 0 radical (unpaired) electrons. The molecule has 4 heteroatoms. The first-order valence-corrected chi connectivity index (χ1v) is 16.5. The molecule has 8 rings (SSSR count). The number of nitrogens with zero attached hydrogens (tertiary/aromatic N) is 2. The molecule has 0 N–H and O–H groups in total. The van der Waals surface area contributed by atoms with Gasteiger partial charge < -0.3 is 9.47 Å².